The zero-order valence-corrected chi connectivity index (χ0v) is 11.9. The van der Waals surface area contributed by atoms with Crippen LogP contribution in [0.25, 0.3) is 0 Å². The standard InChI is InChI=1S/C14H17NO3S/c1-10-3-4-11(2)12(7-10)13(16)14(8-15)5-6-19(17,18)9-14/h3-4,7,13,16H,5-6,9H2,1-2H3. The molecule has 1 N–H and O–H groups in total. The number of benzene rings is 1. The van der Waals surface area contributed by atoms with Crippen LogP contribution in [-0.2, 0) is 9.84 Å². The molecule has 1 aromatic rings. The van der Waals surface area contributed by atoms with Gasteiger partial charge in [-0.25, -0.2) is 8.42 Å². The highest BCUT2D eigenvalue weighted by molar-refractivity contribution is 7.91. The van der Waals surface area contributed by atoms with Gasteiger partial charge in [0.25, 0.3) is 0 Å². The van der Waals surface area contributed by atoms with Crippen molar-refractivity contribution in [3.63, 3.8) is 0 Å². The third-order valence-electron chi connectivity index (χ3n) is 3.81. The van der Waals surface area contributed by atoms with Gasteiger partial charge in [-0.2, -0.15) is 5.26 Å². The first-order valence-electron chi connectivity index (χ1n) is 6.16. The summed E-state index contributed by atoms with van der Waals surface area (Å²) in [6.45, 7) is 3.76. The Hall–Kier alpha value is -1.38. The van der Waals surface area contributed by atoms with E-state index in [9.17, 15) is 18.8 Å². The van der Waals surface area contributed by atoms with Crippen molar-refractivity contribution < 1.29 is 13.5 Å². The lowest BCUT2D eigenvalue weighted by Gasteiger charge is -2.27. The Morgan fingerprint density at radius 1 is 1.42 bits per heavy atom. The third kappa shape index (κ3) is 2.51. The number of hydrogen-bond donors (Lipinski definition) is 1. The molecule has 1 saturated heterocycles. The van der Waals surface area contributed by atoms with E-state index in [1.54, 1.807) is 0 Å². The zero-order chi connectivity index (χ0) is 14.3. The number of aliphatic hydroxyl groups is 1. The highest BCUT2D eigenvalue weighted by Crippen LogP contribution is 2.43. The second kappa shape index (κ2) is 4.62. The first kappa shape index (κ1) is 14.0. The van der Waals surface area contributed by atoms with E-state index in [1.165, 1.54) is 0 Å². The maximum atomic E-state index is 11.6. The van der Waals surface area contributed by atoms with Gasteiger partial charge in [-0.05, 0) is 31.4 Å². The molecule has 1 aliphatic heterocycles. The van der Waals surface area contributed by atoms with Crippen LogP contribution in [-0.4, -0.2) is 25.0 Å². The van der Waals surface area contributed by atoms with Crippen molar-refractivity contribution in [2.75, 3.05) is 11.5 Å². The first-order chi connectivity index (χ1) is 8.80. The molecule has 2 rings (SSSR count). The number of nitriles is 1. The molecule has 0 saturated carbocycles. The predicted octanol–water partition coefficient (Wildman–Crippen LogP) is 1.67. The summed E-state index contributed by atoms with van der Waals surface area (Å²) in [5.74, 6) is -0.284. The lowest BCUT2D eigenvalue weighted by atomic mass is 9.78. The normalized spacial score (nSPS) is 26.8. The van der Waals surface area contributed by atoms with Crippen molar-refractivity contribution in [1.29, 1.82) is 5.26 Å². The molecule has 0 aromatic heterocycles. The Kier molecular flexibility index (Phi) is 3.41. The molecule has 2 atom stereocenters. The largest absolute Gasteiger partial charge is 0.387 e. The highest BCUT2D eigenvalue weighted by atomic mass is 32.2. The summed E-state index contributed by atoms with van der Waals surface area (Å²) < 4.78 is 23.3. The number of aryl methyl sites for hydroxylation is 2. The second-order valence-electron chi connectivity index (χ2n) is 5.37. The summed E-state index contributed by atoms with van der Waals surface area (Å²) >= 11 is 0. The minimum absolute atomic E-state index is 0.0253. The Bertz CT molecular complexity index is 645. The van der Waals surface area contributed by atoms with Crippen molar-refractivity contribution in [2.45, 2.75) is 26.4 Å². The zero-order valence-electron chi connectivity index (χ0n) is 11.0. The molecular formula is C14H17NO3S. The lowest BCUT2D eigenvalue weighted by molar-refractivity contribution is 0.0787. The molecule has 1 fully saturated rings. The summed E-state index contributed by atoms with van der Waals surface area (Å²) in [4.78, 5) is 0. The molecule has 102 valence electrons. The highest BCUT2D eigenvalue weighted by Gasteiger charge is 2.48. The molecule has 0 amide bonds. The molecule has 5 heteroatoms. The molecule has 0 aliphatic carbocycles. The summed E-state index contributed by atoms with van der Waals surface area (Å²) in [7, 11) is -3.22. The summed E-state index contributed by atoms with van der Waals surface area (Å²) in [6, 6.07) is 7.68. The molecule has 1 aliphatic rings. The maximum Gasteiger partial charge on any atom is 0.152 e. The van der Waals surface area contributed by atoms with Crippen LogP contribution in [0.1, 0.15) is 29.2 Å². The van der Waals surface area contributed by atoms with Gasteiger partial charge in [-0.1, -0.05) is 23.8 Å². The van der Waals surface area contributed by atoms with Crippen LogP contribution < -0.4 is 0 Å². The van der Waals surface area contributed by atoms with Gasteiger partial charge in [-0.3, -0.25) is 0 Å². The van der Waals surface area contributed by atoms with Crippen LogP contribution in [0.4, 0.5) is 0 Å². The van der Waals surface area contributed by atoms with E-state index in [-0.39, 0.29) is 17.9 Å². The van der Waals surface area contributed by atoms with Crippen LogP contribution in [0, 0.1) is 30.6 Å². The first-order valence-corrected chi connectivity index (χ1v) is 7.99. The van der Waals surface area contributed by atoms with Gasteiger partial charge in [0, 0.05) is 0 Å². The number of nitrogens with zero attached hydrogens (tertiary/aromatic N) is 1. The summed E-state index contributed by atoms with van der Waals surface area (Å²) in [5, 5.41) is 19.9. The SMILES string of the molecule is Cc1ccc(C)c(C(O)C2(C#N)CCS(=O)(=O)C2)c1. The van der Waals surface area contributed by atoms with Crippen LogP contribution in [0.5, 0.6) is 0 Å². The molecule has 2 unspecified atom stereocenters. The van der Waals surface area contributed by atoms with Gasteiger partial charge < -0.3 is 5.11 Å². The van der Waals surface area contributed by atoms with Crippen molar-refractivity contribution in [2.24, 2.45) is 5.41 Å². The fourth-order valence-electron chi connectivity index (χ4n) is 2.59. The minimum atomic E-state index is -3.22. The fourth-order valence-corrected chi connectivity index (χ4v) is 4.56. The van der Waals surface area contributed by atoms with Crippen LogP contribution in [0.15, 0.2) is 18.2 Å². The molecule has 1 aromatic carbocycles. The van der Waals surface area contributed by atoms with Gasteiger partial charge in [0.05, 0.1) is 23.7 Å². The van der Waals surface area contributed by atoms with Crippen LogP contribution in [0.3, 0.4) is 0 Å². The van der Waals surface area contributed by atoms with Gasteiger partial charge in [0.15, 0.2) is 9.84 Å². The topological polar surface area (TPSA) is 78.2 Å². The number of aliphatic hydroxyl groups excluding tert-OH is 1. The second-order valence-corrected chi connectivity index (χ2v) is 7.56. The Morgan fingerprint density at radius 2 is 2.11 bits per heavy atom. The van der Waals surface area contributed by atoms with E-state index < -0.39 is 21.4 Å². The smallest absolute Gasteiger partial charge is 0.152 e. The van der Waals surface area contributed by atoms with Gasteiger partial charge in [0.2, 0.25) is 0 Å². The Labute approximate surface area is 113 Å². The molecule has 0 radical (unpaired) electrons. The van der Waals surface area contributed by atoms with Gasteiger partial charge >= 0.3 is 0 Å². The number of rotatable bonds is 2. The average molecular weight is 279 g/mol. The quantitative estimate of drug-likeness (QED) is 0.893. The Balaban J connectivity index is 2.46. The molecule has 1 heterocycles. The summed E-state index contributed by atoms with van der Waals surface area (Å²) in [6.07, 6.45) is -0.866. The van der Waals surface area contributed by atoms with Crippen molar-refractivity contribution in [3.05, 3.63) is 34.9 Å². The number of sulfone groups is 1. The van der Waals surface area contributed by atoms with E-state index in [1.807, 2.05) is 38.1 Å². The van der Waals surface area contributed by atoms with E-state index in [2.05, 4.69) is 0 Å². The van der Waals surface area contributed by atoms with Crippen molar-refractivity contribution in [1.82, 2.24) is 0 Å². The van der Waals surface area contributed by atoms with Gasteiger partial charge in [-0.15, -0.1) is 0 Å². The molecular weight excluding hydrogens is 262 g/mol. The summed E-state index contributed by atoms with van der Waals surface area (Å²) in [5.41, 5.74) is 1.29. The predicted molar refractivity (Wildman–Crippen MR) is 72.2 cm³/mol. The molecule has 19 heavy (non-hydrogen) atoms. The van der Waals surface area contributed by atoms with Crippen molar-refractivity contribution >= 4 is 9.84 Å². The van der Waals surface area contributed by atoms with E-state index in [0.717, 1.165) is 11.1 Å². The average Bonchev–Trinajstić information content (AvgIpc) is 2.68. The van der Waals surface area contributed by atoms with Gasteiger partial charge in [0.1, 0.15) is 5.41 Å². The third-order valence-corrected chi connectivity index (χ3v) is 5.59. The maximum absolute atomic E-state index is 11.6. The van der Waals surface area contributed by atoms with E-state index >= 15 is 0 Å². The molecule has 0 bridgehead atoms. The molecule has 4 nitrogen and oxygen atoms in total. The monoisotopic (exact) mass is 279 g/mol. The van der Waals surface area contributed by atoms with Crippen LogP contribution in [0.2, 0.25) is 0 Å². The van der Waals surface area contributed by atoms with Crippen LogP contribution >= 0.6 is 0 Å². The lowest BCUT2D eigenvalue weighted by Crippen LogP contribution is -2.29. The molecule has 0 spiro atoms. The Morgan fingerprint density at radius 3 is 2.63 bits per heavy atom. The number of hydrogen-bond acceptors (Lipinski definition) is 4. The fraction of sp³-hybridized carbons (Fsp3) is 0.500. The van der Waals surface area contributed by atoms with E-state index in [0.29, 0.717) is 5.56 Å². The van der Waals surface area contributed by atoms with Crippen molar-refractivity contribution in [3.8, 4) is 6.07 Å². The minimum Gasteiger partial charge on any atom is -0.387 e. The van der Waals surface area contributed by atoms with E-state index in [4.69, 9.17) is 0 Å².